The second-order valence-corrected chi connectivity index (χ2v) is 5.01. The van der Waals surface area contributed by atoms with Crippen molar-refractivity contribution in [3.63, 3.8) is 0 Å². The van der Waals surface area contributed by atoms with Gasteiger partial charge in [-0.15, -0.1) is 0 Å². The molecule has 2 aromatic heterocycles. The van der Waals surface area contributed by atoms with Gasteiger partial charge >= 0.3 is 0 Å². The lowest BCUT2D eigenvalue weighted by Gasteiger charge is -2.05. The first-order valence-corrected chi connectivity index (χ1v) is 6.74. The number of aromatic amines is 1. The van der Waals surface area contributed by atoms with Crippen molar-refractivity contribution < 1.29 is 0 Å². The van der Waals surface area contributed by atoms with Crippen molar-refractivity contribution in [2.24, 2.45) is 0 Å². The molecule has 0 unspecified atom stereocenters. The Balaban J connectivity index is 2.12. The van der Waals surface area contributed by atoms with Crippen LogP contribution >= 0.6 is 0 Å². The first-order valence-electron chi connectivity index (χ1n) is 6.74. The molecule has 3 rings (SSSR count). The van der Waals surface area contributed by atoms with Gasteiger partial charge in [-0.1, -0.05) is 35.9 Å². The Labute approximate surface area is 122 Å². The van der Waals surface area contributed by atoms with Crippen LogP contribution in [0.15, 0.2) is 53.3 Å². The predicted molar refractivity (Wildman–Crippen MR) is 83.0 cm³/mol. The standard InChI is InChI=1S/C17H15N3O/c1-11-6-8-13(9-7-11)15-10-16(21)20-17(19-15)14-5-3-4-12(2)18-14/h3-10H,1-2H3,(H,19,20,21). The molecule has 104 valence electrons. The van der Waals surface area contributed by atoms with Gasteiger partial charge in [0.1, 0.15) is 5.69 Å². The molecule has 4 nitrogen and oxygen atoms in total. The van der Waals surface area contributed by atoms with Crippen molar-refractivity contribution >= 4 is 0 Å². The van der Waals surface area contributed by atoms with Crippen LogP contribution in [0.3, 0.4) is 0 Å². The van der Waals surface area contributed by atoms with Crippen molar-refractivity contribution in [1.29, 1.82) is 0 Å². The Morgan fingerprint density at radius 1 is 0.905 bits per heavy atom. The van der Waals surface area contributed by atoms with Crippen molar-refractivity contribution in [2.45, 2.75) is 13.8 Å². The molecule has 0 spiro atoms. The average molecular weight is 277 g/mol. The highest BCUT2D eigenvalue weighted by Crippen LogP contribution is 2.19. The zero-order chi connectivity index (χ0) is 14.8. The van der Waals surface area contributed by atoms with Gasteiger partial charge in [-0.3, -0.25) is 4.79 Å². The summed E-state index contributed by atoms with van der Waals surface area (Å²) in [6.07, 6.45) is 0. The number of H-pyrrole nitrogens is 1. The van der Waals surface area contributed by atoms with E-state index in [-0.39, 0.29) is 5.56 Å². The lowest BCUT2D eigenvalue weighted by Crippen LogP contribution is -2.09. The Kier molecular flexibility index (Phi) is 3.36. The molecule has 0 bridgehead atoms. The normalized spacial score (nSPS) is 10.6. The molecule has 1 aromatic carbocycles. The van der Waals surface area contributed by atoms with Gasteiger partial charge < -0.3 is 4.98 Å². The number of nitrogens with one attached hydrogen (secondary N) is 1. The van der Waals surface area contributed by atoms with Gasteiger partial charge in [-0.05, 0) is 26.0 Å². The fourth-order valence-electron chi connectivity index (χ4n) is 2.13. The van der Waals surface area contributed by atoms with Crippen LogP contribution in [-0.4, -0.2) is 15.0 Å². The zero-order valence-corrected chi connectivity index (χ0v) is 11.9. The van der Waals surface area contributed by atoms with Crippen LogP contribution in [0.1, 0.15) is 11.3 Å². The summed E-state index contributed by atoms with van der Waals surface area (Å²) < 4.78 is 0. The van der Waals surface area contributed by atoms with Gasteiger partial charge in [-0.25, -0.2) is 9.97 Å². The minimum absolute atomic E-state index is 0.182. The minimum Gasteiger partial charge on any atom is -0.305 e. The van der Waals surface area contributed by atoms with E-state index >= 15 is 0 Å². The van der Waals surface area contributed by atoms with Crippen LogP contribution in [0.25, 0.3) is 22.8 Å². The molecule has 4 heteroatoms. The molecule has 0 saturated heterocycles. The molecular formula is C17H15N3O. The highest BCUT2D eigenvalue weighted by atomic mass is 16.1. The van der Waals surface area contributed by atoms with Crippen LogP contribution in [0.2, 0.25) is 0 Å². The molecule has 21 heavy (non-hydrogen) atoms. The number of aromatic nitrogens is 3. The molecule has 1 N–H and O–H groups in total. The van der Waals surface area contributed by atoms with E-state index in [9.17, 15) is 4.79 Å². The van der Waals surface area contributed by atoms with E-state index in [4.69, 9.17) is 0 Å². The molecular weight excluding hydrogens is 262 g/mol. The summed E-state index contributed by atoms with van der Waals surface area (Å²) in [4.78, 5) is 23.6. The molecule has 0 amide bonds. The SMILES string of the molecule is Cc1ccc(-c2cc(=O)[nH]c(-c3cccc(C)n3)n2)cc1. The number of rotatable bonds is 2. The van der Waals surface area contributed by atoms with Crippen molar-refractivity contribution in [3.05, 3.63) is 70.1 Å². The molecule has 3 aromatic rings. The number of nitrogens with zero attached hydrogens (tertiary/aromatic N) is 2. The number of hydrogen-bond donors (Lipinski definition) is 1. The van der Waals surface area contributed by atoms with E-state index in [1.807, 2.05) is 56.3 Å². The Hall–Kier alpha value is -2.75. The number of aryl methyl sites for hydroxylation is 2. The predicted octanol–water partition coefficient (Wildman–Crippen LogP) is 3.12. The summed E-state index contributed by atoms with van der Waals surface area (Å²) in [5.74, 6) is 0.488. The Bertz CT molecular complexity index is 835. The van der Waals surface area contributed by atoms with E-state index in [2.05, 4.69) is 15.0 Å². The van der Waals surface area contributed by atoms with Crippen molar-refractivity contribution in [1.82, 2.24) is 15.0 Å². The summed E-state index contributed by atoms with van der Waals surface area (Å²) in [6, 6.07) is 15.1. The third-order valence-electron chi connectivity index (χ3n) is 3.22. The smallest absolute Gasteiger partial charge is 0.251 e. The first-order chi connectivity index (χ1) is 10.1. The van der Waals surface area contributed by atoms with E-state index in [1.54, 1.807) is 0 Å². The van der Waals surface area contributed by atoms with Crippen LogP contribution in [0.4, 0.5) is 0 Å². The lowest BCUT2D eigenvalue weighted by molar-refractivity contribution is 1.09. The summed E-state index contributed by atoms with van der Waals surface area (Å²) in [6.45, 7) is 3.93. The summed E-state index contributed by atoms with van der Waals surface area (Å²) in [5.41, 5.74) is 4.11. The molecule has 0 aliphatic carbocycles. The summed E-state index contributed by atoms with van der Waals surface area (Å²) >= 11 is 0. The highest BCUT2D eigenvalue weighted by molar-refractivity contribution is 5.62. The lowest BCUT2D eigenvalue weighted by atomic mass is 10.1. The third kappa shape index (κ3) is 2.89. The van der Waals surface area contributed by atoms with Gasteiger partial charge in [0.15, 0.2) is 5.82 Å². The van der Waals surface area contributed by atoms with Gasteiger partial charge in [-0.2, -0.15) is 0 Å². The fourth-order valence-corrected chi connectivity index (χ4v) is 2.13. The third-order valence-corrected chi connectivity index (χ3v) is 3.22. The van der Waals surface area contributed by atoms with Gasteiger partial charge in [0.2, 0.25) is 0 Å². The average Bonchev–Trinajstić information content (AvgIpc) is 2.47. The van der Waals surface area contributed by atoms with E-state index in [0.29, 0.717) is 17.2 Å². The van der Waals surface area contributed by atoms with Crippen LogP contribution in [-0.2, 0) is 0 Å². The summed E-state index contributed by atoms with van der Waals surface area (Å²) in [7, 11) is 0. The molecule has 0 aliphatic rings. The number of pyridine rings is 1. The van der Waals surface area contributed by atoms with Crippen LogP contribution < -0.4 is 5.56 Å². The monoisotopic (exact) mass is 277 g/mol. The fraction of sp³-hybridized carbons (Fsp3) is 0.118. The van der Waals surface area contributed by atoms with Crippen molar-refractivity contribution in [3.8, 4) is 22.8 Å². The maximum Gasteiger partial charge on any atom is 0.251 e. The summed E-state index contributed by atoms with van der Waals surface area (Å²) in [5, 5.41) is 0. The molecule has 0 atom stereocenters. The number of hydrogen-bond acceptors (Lipinski definition) is 3. The second kappa shape index (κ2) is 5.32. The van der Waals surface area contributed by atoms with Gasteiger partial charge in [0, 0.05) is 17.3 Å². The van der Waals surface area contributed by atoms with Gasteiger partial charge in [0.25, 0.3) is 5.56 Å². The highest BCUT2D eigenvalue weighted by Gasteiger charge is 2.07. The molecule has 0 radical (unpaired) electrons. The van der Waals surface area contributed by atoms with E-state index in [0.717, 1.165) is 11.3 Å². The van der Waals surface area contributed by atoms with E-state index in [1.165, 1.54) is 11.6 Å². The largest absolute Gasteiger partial charge is 0.305 e. The zero-order valence-electron chi connectivity index (χ0n) is 11.9. The Morgan fingerprint density at radius 2 is 1.67 bits per heavy atom. The maximum atomic E-state index is 11.9. The maximum absolute atomic E-state index is 11.9. The number of benzene rings is 1. The molecule has 2 heterocycles. The van der Waals surface area contributed by atoms with Gasteiger partial charge in [0.05, 0.1) is 5.69 Å². The molecule has 0 saturated carbocycles. The molecule has 0 aliphatic heterocycles. The van der Waals surface area contributed by atoms with Crippen molar-refractivity contribution in [2.75, 3.05) is 0 Å². The van der Waals surface area contributed by atoms with Crippen LogP contribution in [0.5, 0.6) is 0 Å². The Morgan fingerprint density at radius 3 is 2.38 bits per heavy atom. The topological polar surface area (TPSA) is 58.6 Å². The first kappa shape index (κ1) is 13.2. The van der Waals surface area contributed by atoms with E-state index < -0.39 is 0 Å². The van der Waals surface area contributed by atoms with Crippen LogP contribution in [0, 0.1) is 13.8 Å². The second-order valence-electron chi connectivity index (χ2n) is 5.01. The molecule has 0 fully saturated rings. The quantitative estimate of drug-likeness (QED) is 0.783. The minimum atomic E-state index is -0.182.